The normalized spacial score (nSPS) is 13.0. The highest BCUT2D eigenvalue weighted by Crippen LogP contribution is 2.17. The minimum absolute atomic E-state index is 0.197. The van der Waals surface area contributed by atoms with Crippen molar-refractivity contribution < 1.29 is 0 Å². The third kappa shape index (κ3) is 4.01. The fourth-order valence-electron chi connectivity index (χ4n) is 1.70. The SMILES string of the molecule is CCCCCCC(NN)c1cn(C)cn1. The number of nitrogens with one attached hydrogen (secondary N) is 1. The molecule has 4 nitrogen and oxygen atoms in total. The summed E-state index contributed by atoms with van der Waals surface area (Å²) in [6.07, 6.45) is 9.95. The standard InChI is InChI=1S/C11H22N4/c1-3-4-5-6-7-10(14-12)11-8-15(2)9-13-11/h8-10,14H,3-7,12H2,1-2H3. The van der Waals surface area contributed by atoms with Crippen LogP contribution >= 0.6 is 0 Å². The second-order valence-electron chi connectivity index (χ2n) is 4.03. The molecule has 0 bridgehead atoms. The van der Waals surface area contributed by atoms with Gasteiger partial charge in [0, 0.05) is 13.2 Å². The van der Waals surface area contributed by atoms with Crippen molar-refractivity contribution in [2.24, 2.45) is 12.9 Å². The number of unbranched alkanes of at least 4 members (excludes halogenated alkanes) is 3. The van der Waals surface area contributed by atoms with Crippen molar-refractivity contribution in [2.75, 3.05) is 0 Å². The lowest BCUT2D eigenvalue weighted by Crippen LogP contribution is -2.28. The highest BCUT2D eigenvalue weighted by Gasteiger charge is 2.11. The van der Waals surface area contributed by atoms with E-state index >= 15 is 0 Å². The lowest BCUT2D eigenvalue weighted by Gasteiger charge is -2.12. The van der Waals surface area contributed by atoms with Gasteiger partial charge < -0.3 is 4.57 Å². The molecule has 0 saturated carbocycles. The van der Waals surface area contributed by atoms with Crippen LogP contribution in [-0.4, -0.2) is 9.55 Å². The van der Waals surface area contributed by atoms with Crippen LogP contribution in [0.4, 0.5) is 0 Å². The molecule has 3 N–H and O–H groups in total. The molecule has 0 aliphatic carbocycles. The molecule has 15 heavy (non-hydrogen) atoms. The van der Waals surface area contributed by atoms with Gasteiger partial charge in [0.1, 0.15) is 0 Å². The molecule has 1 aromatic heterocycles. The third-order valence-corrected chi connectivity index (χ3v) is 2.63. The number of hydrogen-bond donors (Lipinski definition) is 2. The maximum atomic E-state index is 5.53. The van der Waals surface area contributed by atoms with Gasteiger partial charge in [0.15, 0.2) is 0 Å². The average molecular weight is 210 g/mol. The number of aryl methyl sites for hydroxylation is 1. The van der Waals surface area contributed by atoms with Crippen LogP contribution in [0.1, 0.15) is 50.8 Å². The quantitative estimate of drug-likeness (QED) is 0.410. The number of rotatable bonds is 7. The molecule has 0 fully saturated rings. The van der Waals surface area contributed by atoms with Crippen LogP contribution in [0.15, 0.2) is 12.5 Å². The van der Waals surface area contributed by atoms with E-state index in [2.05, 4.69) is 17.3 Å². The zero-order valence-corrected chi connectivity index (χ0v) is 9.74. The topological polar surface area (TPSA) is 55.9 Å². The Morgan fingerprint density at radius 3 is 2.80 bits per heavy atom. The van der Waals surface area contributed by atoms with Crippen LogP contribution in [0.2, 0.25) is 0 Å². The van der Waals surface area contributed by atoms with Gasteiger partial charge in [-0.05, 0) is 6.42 Å². The predicted molar refractivity (Wildman–Crippen MR) is 62.0 cm³/mol. The molecular weight excluding hydrogens is 188 g/mol. The highest BCUT2D eigenvalue weighted by molar-refractivity contribution is 5.02. The van der Waals surface area contributed by atoms with Gasteiger partial charge in [0.05, 0.1) is 18.1 Å². The minimum Gasteiger partial charge on any atom is -0.340 e. The molecule has 4 heteroatoms. The Kier molecular flexibility index (Phi) is 5.36. The summed E-state index contributed by atoms with van der Waals surface area (Å²) >= 11 is 0. The van der Waals surface area contributed by atoms with Crippen LogP contribution in [0.5, 0.6) is 0 Å². The first kappa shape index (κ1) is 12.2. The number of imidazole rings is 1. The second-order valence-corrected chi connectivity index (χ2v) is 4.03. The maximum Gasteiger partial charge on any atom is 0.0947 e. The maximum absolute atomic E-state index is 5.53. The van der Waals surface area contributed by atoms with E-state index in [1.165, 1.54) is 25.7 Å². The summed E-state index contributed by atoms with van der Waals surface area (Å²) in [5.74, 6) is 5.53. The fourth-order valence-corrected chi connectivity index (χ4v) is 1.70. The van der Waals surface area contributed by atoms with Crippen LogP contribution in [0.3, 0.4) is 0 Å². The first-order chi connectivity index (χ1) is 7.27. The van der Waals surface area contributed by atoms with Crippen molar-refractivity contribution in [1.82, 2.24) is 15.0 Å². The summed E-state index contributed by atoms with van der Waals surface area (Å²) in [6, 6.07) is 0.197. The summed E-state index contributed by atoms with van der Waals surface area (Å²) in [6.45, 7) is 2.22. The molecule has 1 aromatic rings. The molecule has 0 aromatic carbocycles. The van der Waals surface area contributed by atoms with E-state index in [0.29, 0.717) is 0 Å². The molecule has 0 amide bonds. The Hall–Kier alpha value is -0.870. The minimum atomic E-state index is 0.197. The molecule has 1 unspecified atom stereocenters. The van der Waals surface area contributed by atoms with Crippen LogP contribution in [-0.2, 0) is 7.05 Å². The molecule has 0 aliphatic heterocycles. The number of nitrogens with zero attached hydrogens (tertiary/aromatic N) is 2. The summed E-state index contributed by atoms with van der Waals surface area (Å²) in [5, 5.41) is 0. The molecule has 0 saturated heterocycles. The van der Waals surface area contributed by atoms with Gasteiger partial charge in [0.25, 0.3) is 0 Å². The van der Waals surface area contributed by atoms with Gasteiger partial charge >= 0.3 is 0 Å². The molecule has 1 rings (SSSR count). The average Bonchev–Trinajstić information content (AvgIpc) is 2.65. The van der Waals surface area contributed by atoms with Gasteiger partial charge in [-0.25, -0.2) is 4.98 Å². The van der Waals surface area contributed by atoms with E-state index in [0.717, 1.165) is 12.1 Å². The van der Waals surface area contributed by atoms with Crippen LogP contribution in [0, 0.1) is 0 Å². The molecule has 86 valence electrons. The Morgan fingerprint density at radius 2 is 2.27 bits per heavy atom. The summed E-state index contributed by atoms with van der Waals surface area (Å²) in [4.78, 5) is 4.31. The monoisotopic (exact) mass is 210 g/mol. The van der Waals surface area contributed by atoms with Crippen molar-refractivity contribution in [1.29, 1.82) is 0 Å². The summed E-state index contributed by atoms with van der Waals surface area (Å²) in [5.41, 5.74) is 3.87. The first-order valence-corrected chi connectivity index (χ1v) is 5.72. The largest absolute Gasteiger partial charge is 0.340 e. The molecule has 0 radical (unpaired) electrons. The molecule has 0 spiro atoms. The fraction of sp³-hybridized carbons (Fsp3) is 0.727. The first-order valence-electron chi connectivity index (χ1n) is 5.72. The molecule has 0 aliphatic rings. The highest BCUT2D eigenvalue weighted by atomic mass is 15.2. The van der Waals surface area contributed by atoms with Gasteiger partial charge in [-0.3, -0.25) is 11.3 Å². The van der Waals surface area contributed by atoms with Crippen LogP contribution in [0.25, 0.3) is 0 Å². The summed E-state index contributed by atoms with van der Waals surface area (Å²) in [7, 11) is 1.97. The van der Waals surface area contributed by atoms with Crippen molar-refractivity contribution in [3.05, 3.63) is 18.2 Å². The molecular formula is C11H22N4. The van der Waals surface area contributed by atoms with Crippen molar-refractivity contribution >= 4 is 0 Å². The zero-order valence-electron chi connectivity index (χ0n) is 9.74. The number of nitrogens with two attached hydrogens (primary N) is 1. The second kappa shape index (κ2) is 6.58. The lowest BCUT2D eigenvalue weighted by atomic mass is 10.1. The zero-order chi connectivity index (χ0) is 11.1. The Labute approximate surface area is 91.8 Å². The van der Waals surface area contributed by atoms with Gasteiger partial charge in [-0.1, -0.05) is 32.6 Å². The molecule has 1 heterocycles. The lowest BCUT2D eigenvalue weighted by molar-refractivity contribution is 0.474. The van der Waals surface area contributed by atoms with Crippen LogP contribution < -0.4 is 11.3 Å². The van der Waals surface area contributed by atoms with E-state index in [9.17, 15) is 0 Å². The van der Waals surface area contributed by atoms with E-state index in [1.54, 1.807) is 0 Å². The number of hydrogen-bond acceptors (Lipinski definition) is 3. The van der Waals surface area contributed by atoms with Crippen molar-refractivity contribution in [2.45, 2.75) is 45.1 Å². The number of hydrazine groups is 1. The van der Waals surface area contributed by atoms with E-state index in [4.69, 9.17) is 5.84 Å². The Balaban J connectivity index is 2.35. The number of aromatic nitrogens is 2. The van der Waals surface area contributed by atoms with Gasteiger partial charge in [-0.2, -0.15) is 0 Å². The third-order valence-electron chi connectivity index (χ3n) is 2.63. The Bertz CT molecular complexity index is 269. The van der Waals surface area contributed by atoms with E-state index in [1.807, 2.05) is 24.1 Å². The van der Waals surface area contributed by atoms with E-state index < -0.39 is 0 Å². The van der Waals surface area contributed by atoms with Crippen molar-refractivity contribution in [3.63, 3.8) is 0 Å². The van der Waals surface area contributed by atoms with Gasteiger partial charge in [0.2, 0.25) is 0 Å². The van der Waals surface area contributed by atoms with Gasteiger partial charge in [-0.15, -0.1) is 0 Å². The Morgan fingerprint density at radius 1 is 1.47 bits per heavy atom. The predicted octanol–water partition coefficient (Wildman–Crippen LogP) is 1.89. The summed E-state index contributed by atoms with van der Waals surface area (Å²) < 4.78 is 1.95. The smallest absolute Gasteiger partial charge is 0.0947 e. The van der Waals surface area contributed by atoms with Crippen molar-refractivity contribution in [3.8, 4) is 0 Å². The van der Waals surface area contributed by atoms with E-state index in [-0.39, 0.29) is 6.04 Å². The molecule has 1 atom stereocenters.